The second kappa shape index (κ2) is 7.21. The summed E-state index contributed by atoms with van der Waals surface area (Å²) in [4.78, 5) is 36.3. The third kappa shape index (κ3) is 3.85. The first-order valence-electron chi connectivity index (χ1n) is 7.65. The molecule has 7 heteroatoms. The van der Waals surface area contributed by atoms with Crippen molar-refractivity contribution in [1.82, 2.24) is 4.90 Å². The maximum atomic E-state index is 12.5. The van der Waals surface area contributed by atoms with Crippen LogP contribution in [-0.2, 0) is 9.53 Å². The third-order valence-electron chi connectivity index (χ3n) is 4.05. The van der Waals surface area contributed by atoms with E-state index in [1.165, 1.54) is 6.07 Å². The van der Waals surface area contributed by atoms with Crippen LogP contribution in [0.15, 0.2) is 18.2 Å². The highest BCUT2D eigenvalue weighted by atomic mass is 16.6. The number of aryl methyl sites for hydroxylation is 1. The highest BCUT2D eigenvalue weighted by Gasteiger charge is 2.29. The topological polar surface area (TPSA) is 89.8 Å². The molecule has 0 radical (unpaired) electrons. The number of esters is 1. The number of hydrogen-bond acceptors (Lipinski definition) is 5. The molecule has 2 rings (SSSR count). The molecule has 0 atom stereocenters. The maximum absolute atomic E-state index is 12.5. The van der Waals surface area contributed by atoms with Crippen LogP contribution in [0, 0.1) is 23.0 Å². The Bertz CT molecular complexity index is 621. The Labute approximate surface area is 134 Å². The summed E-state index contributed by atoms with van der Waals surface area (Å²) in [7, 11) is 0. The van der Waals surface area contributed by atoms with Gasteiger partial charge in [-0.1, -0.05) is 6.07 Å². The Hall–Kier alpha value is -2.44. The zero-order valence-corrected chi connectivity index (χ0v) is 13.3. The molecule has 0 spiro atoms. The number of amides is 1. The molecule has 0 unspecified atom stereocenters. The molecular weight excluding hydrogens is 300 g/mol. The molecule has 1 aromatic carbocycles. The SMILES string of the molecule is CCOC(=O)C1CCN(C(=O)c2ccc(C)c([N+](=O)[O-])c2)CC1. The molecule has 1 aromatic rings. The molecule has 0 saturated carbocycles. The van der Waals surface area contributed by atoms with Crippen LogP contribution in [0.1, 0.15) is 35.7 Å². The van der Waals surface area contributed by atoms with Crippen LogP contribution in [0.3, 0.4) is 0 Å². The molecular formula is C16H20N2O5. The fourth-order valence-electron chi connectivity index (χ4n) is 2.70. The van der Waals surface area contributed by atoms with Gasteiger partial charge < -0.3 is 9.64 Å². The second-order valence-electron chi connectivity index (χ2n) is 5.58. The summed E-state index contributed by atoms with van der Waals surface area (Å²) in [6.45, 7) is 4.65. The van der Waals surface area contributed by atoms with E-state index in [2.05, 4.69) is 0 Å². The molecule has 7 nitrogen and oxygen atoms in total. The molecule has 0 aliphatic carbocycles. The average Bonchev–Trinajstić information content (AvgIpc) is 2.54. The van der Waals surface area contributed by atoms with Crippen molar-refractivity contribution in [1.29, 1.82) is 0 Å². The zero-order valence-electron chi connectivity index (χ0n) is 13.3. The first-order chi connectivity index (χ1) is 10.9. The molecule has 1 heterocycles. The highest BCUT2D eigenvalue weighted by Crippen LogP contribution is 2.23. The fourth-order valence-corrected chi connectivity index (χ4v) is 2.70. The predicted molar refractivity (Wildman–Crippen MR) is 83.1 cm³/mol. The number of ether oxygens (including phenoxy) is 1. The van der Waals surface area contributed by atoms with Crippen LogP contribution in [0.5, 0.6) is 0 Å². The Morgan fingerprint density at radius 1 is 1.35 bits per heavy atom. The zero-order chi connectivity index (χ0) is 17.0. The lowest BCUT2D eigenvalue weighted by atomic mass is 9.96. The van der Waals surface area contributed by atoms with E-state index < -0.39 is 4.92 Å². The van der Waals surface area contributed by atoms with Gasteiger partial charge in [-0.2, -0.15) is 0 Å². The first-order valence-corrected chi connectivity index (χ1v) is 7.65. The quantitative estimate of drug-likeness (QED) is 0.482. The molecule has 23 heavy (non-hydrogen) atoms. The van der Waals surface area contributed by atoms with E-state index in [-0.39, 0.29) is 23.5 Å². The minimum Gasteiger partial charge on any atom is -0.466 e. The summed E-state index contributed by atoms with van der Waals surface area (Å²) in [6.07, 6.45) is 1.11. The number of rotatable bonds is 4. The normalized spacial score (nSPS) is 15.3. The van der Waals surface area contributed by atoms with Gasteiger partial charge in [-0.3, -0.25) is 19.7 Å². The number of nitrogens with zero attached hydrogens (tertiary/aromatic N) is 2. The van der Waals surface area contributed by atoms with Crippen LogP contribution in [0.4, 0.5) is 5.69 Å². The van der Waals surface area contributed by atoms with E-state index in [1.807, 2.05) is 0 Å². The van der Waals surface area contributed by atoms with Gasteiger partial charge in [-0.05, 0) is 32.8 Å². The van der Waals surface area contributed by atoms with Crippen LogP contribution in [-0.4, -0.2) is 41.4 Å². The largest absolute Gasteiger partial charge is 0.466 e. The van der Waals surface area contributed by atoms with Gasteiger partial charge in [0.25, 0.3) is 11.6 Å². The second-order valence-corrected chi connectivity index (χ2v) is 5.58. The van der Waals surface area contributed by atoms with Crippen molar-refractivity contribution in [3.63, 3.8) is 0 Å². The van der Waals surface area contributed by atoms with Crippen molar-refractivity contribution in [2.45, 2.75) is 26.7 Å². The summed E-state index contributed by atoms with van der Waals surface area (Å²) in [5.74, 6) is -0.632. The number of piperidine rings is 1. The summed E-state index contributed by atoms with van der Waals surface area (Å²) < 4.78 is 5.00. The van der Waals surface area contributed by atoms with Crippen LogP contribution >= 0.6 is 0 Å². The van der Waals surface area contributed by atoms with E-state index in [1.54, 1.807) is 30.9 Å². The molecule has 124 valence electrons. The van der Waals surface area contributed by atoms with E-state index in [0.717, 1.165) is 0 Å². The standard InChI is InChI=1S/C16H20N2O5/c1-3-23-16(20)12-6-8-17(9-7-12)15(19)13-5-4-11(2)14(10-13)18(21)22/h4-5,10,12H,3,6-9H2,1-2H3. The summed E-state index contributed by atoms with van der Waals surface area (Å²) in [6, 6.07) is 4.49. The van der Waals surface area contributed by atoms with Crippen molar-refractivity contribution in [3.05, 3.63) is 39.4 Å². The molecule has 0 aromatic heterocycles. The van der Waals surface area contributed by atoms with Crippen molar-refractivity contribution in [3.8, 4) is 0 Å². The molecule has 1 aliphatic rings. The van der Waals surface area contributed by atoms with Gasteiger partial charge in [-0.15, -0.1) is 0 Å². The highest BCUT2D eigenvalue weighted by molar-refractivity contribution is 5.95. The van der Waals surface area contributed by atoms with Crippen LogP contribution in [0.2, 0.25) is 0 Å². The minimum absolute atomic E-state index is 0.0581. The lowest BCUT2D eigenvalue weighted by Gasteiger charge is -2.30. The summed E-state index contributed by atoms with van der Waals surface area (Å²) >= 11 is 0. The van der Waals surface area contributed by atoms with Crippen molar-refractivity contribution in [2.75, 3.05) is 19.7 Å². The molecule has 0 N–H and O–H groups in total. The molecule has 0 bridgehead atoms. The third-order valence-corrected chi connectivity index (χ3v) is 4.05. The summed E-state index contributed by atoms with van der Waals surface area (Å²) in [5, 5.41) is 11.0. The van der Waals surface area contributed by atoms with Crippen LogP contribution < -0.4 is 0 Å². The fraction of sp³-hybridized carbons (Fsp3) is 0.500. The van der Waals surface area contributed by atoms with Gasteiger partial charge in [0.1, 0.15) is 0 Å². The van der Waals surface area contributed by atoms with E-state index in [0.29, 0.717) is 43.7 Å². The maximum Gasteiger partial charge on any atom is 0.309 e. The molecule has 1 saturated heterocycles. The summed E-state index contributed by atoms with van der Waals surface area (Å²) in [5.41, 5.74) is 0.765. The molecule has 1 amide bonds. The van der Waals surface area contributed by atoms with Crippen molar-refractivity contribution >= 4 is 17.6 Å². The van der Waals surface area contributed by atoms with Gasteiger partial charge in [-0.25, -0.2) is 0 Å². The Balaban J connectivity index is 2.04. The van der Waals surface area contributed by atoms with Crippen LogP contribution in [0.25, 0.3) is 0 Å². The number of hydrogen-bond donors (Lipinski definition) is 0. The smallest absolute Gasteiger partial charge is 0.309 e. The Kier molecular flexibility index (Phi) is 5.31. The van der Waals surface area contributed by atoms with Gasteiger partial charge in [0.15, 0.2) is 0 Å². The van der Waals surface area contributed by atoms with Gasteiger partial charge in [0.05, 0.1) is 17.4 Å². The van der Waals surface area contributed by atoms with Crippen molar-refractivity contribution < 1.29 is 19.2 Å². The number of likely N-dealkylation sites (tertiary alicyclic amines) is 1. The number of benzene rings is 1. The van der Waals surface area contributed by atoms with E-state index in [9.17, 15) is 19.7 Å². The lowest BCUT2D eigenvalue weighted by molar-refractivity contribution is -0.385. The first kappa shape index (κ1) is 16.9. The minimum atomic E-state index is -0.487. The molecule has 1 fully saturated rings. The number of carbonyl (C=O) groups excluding carboxylic acids is 2. The number of nitro groups is 1. The average molecular weight is 320 g/mol. The van der Waals surface area contributed by atoms with E-state index >= 15 is 0 Å². The Morgan fingerprint density at radius 2 is 2.00 bits per heavy atom. The number of carbonyl (C=O) groups is 2. The lowest BCUT2D eigenvalue weighted by Crippen LogP contribution is -2.40. The van der Waals surface area contributed by atoms with Gasteiger partial charge in [0, 0.05) is 30.3 Å². The Morgan fingerprint density at radius 3 is 2.57 bits per heavy atom. The molecule has 1 aliphatic heterocycles. The van der Waals surface area contributed by atoms with Gasteiger partial charge >= 0.3 is 5.97 Å². The van der Waals surface area contributed by atoms with E-state index in [4.69, 9.17) is 4.74 Å². The monoisotopic (exact) mass is 320 g/mol. The number of nitro benzene ring substituents is 1. The predicted octanol–water partition coefficient (Wildman–Crippen LogP) is 2.32. The van der Waals surface area contributed by atoms with Gasteiger partial charge in [0.2, 0.25) is 0 Å². The van der Waals surface area contributed by atoms with Crippen molar-refractivity contribution in [2.24, 2.45) is 5.92 Å².